The van der Waals surface area contributed by atoms with Crippen molar-refractivity contribution in [1.82, 2.24) is 25.1 Å². The molecule has 1 N–H and O–H groups in total. The maximum absolute atomic E-state index is 12.4. The number of carbonyl (C=O) groups is 2. The predicted molar refractivity (Wildman–Crippen MR) is 149 cm³/mol. The molecule has 194 valence electrons. The summed E-state index contributed by atoms with van der Waals surface area (Å²) in [4.78, 5) is 42.7. The topological polar surface area (TPSA) is 81.7 Å². The minimum Gasteiger partial charge on any atom is -0.355 e. The molecule has 8 nitrogen and oxygen atoms in total. The van der Waals surface area contributed by atoms with Gasteiger partial charge in [0, 0.05) is 50.6 Å². The van der Waals surface area contributed by atoms with E-state index in [0.717, 1.165) is 49.8 Å². The second-order valence-electron chi connectivity index (χ2n) is 10.3. The van der Waals surface area contributed by atoms with Gasteiger partial charge in [-0.05, 0) is 48.9 Å². The van der Waals surface area contributed by atoms with Crippen LogP contribution in [0, 0.1) is 13.8 Å². The van der Waals surface area contributed by atoms with Crippen LogP contribution in [0.4, 0.5) is 5.82 Å². The summed E-state index contributed by atoms with van der Waals surface area (Å²) >= 11 is 6.64. The van der Waals surface area contributed by atoms with Crippen molar-refractivity contribution in [3.8, 4) is 0 Å². The van der Waals surface area contributed by atoms with Crippen LogP contribution >= 0.6 is 24.0 Å². The molecule has 5 heterocycles. The minimum atomic E-state index is -0.309. The molecule has 3 aromatic rings. The molecule has 37 heavy (non-hydrogen) atoms. The van der Waals surface area contributed by atoms with Crippen molar-refractivity contribution in [2.45, 2.75) is 57.6 Å². The van der Waals surface area contributed by atoms with Gasteiger partial charge in [0.2, 0.25) is 11.8 Å². The van der Waals surface area contributed by atoms with E-state index in [1.165, 1.54) is 32.5 Å². The molecule has 3 aliphatic heterocycles. The Morgan fingerprint density at radius 2 is 2.00 bits per heavy atom. The summed E-state index contributed by atoms with van der Waals surface area (Å²) in [6.07, 6.45) is 3.71. The normalized spacial score (nSPS) is 23.4. The third-order valence-electron chi connectivity index (χ3n) is 8.01. The van der Waals surface area contributed by atoms with E-state index in [-0.39, 0.29) is 23.2 Å². The second kappa shape index (κ2) is 9.98. The zero-order valence-electron chi connectivity index (χ0n) is 21.2. The molecule has 0 radical (unpaired) electrons. The second-order valence-corrected chi connectivity index (χ2v) is 12.0. The molecule has 0 aliphatic carbocycles. The van der Waals surface area contributed by atoms with E-state index in [1.54, 1.807) is 17.7 Å². The highest BCUT2D eigenvalue weighted by molar-refractivity contribution is 7.80. The molecule has 10 heteroatoms. The van der Waals surface area contributed by atoms with E-state index in [0.29, 0.717) is 19.4 Å². The van der Waals surface area contributed by atoms with Gasteiger partial charge in [-0.25, -0.2) is 9.97 Å². The fourth-order valence-corrected chi connectivity index (χ4v) is 7.35. The largest absolute Gasteiger partial charge is 0.355 e. The average molecular weight is 537 g/mol. The summed E-state index contributed by atoms with van der Waals surface area (Å²) in [6.45, 7) is 9.83. The van der Waals surface area contributed by atoms with E-state index in [2.05, 4.69) is 57.0 Å². The Hall–Kier alpha value is -2.53. The molecule has 2 fully saturated rings. The summed E-state index contributed by atoms with van der Waals surface area (Å²) in [5.74, 6) is 0.681. The summed E-state index contributed by atoms with van der Waals surface area (Å²) in [5, 5.41) is 3.55. The highest BCUT2D eigenvalue weighted by Crippen LogP contribution is 2.40. The van der Waals surface area contributed by atoms with Gasteiger partial charge in [0.25, 0.3) is 0 Å². The van der Waals surface area contributed by atoms with Gasteiger partial charge >= 0.3 is 0 Å². The van der Waals surface area contributed by atoms with Gasteiger partial charge in [0.05, 0.1) is 16.8 Å². The van der Waals surface area contributed by atoms with E-state index in [9.17, 15) is 9.59 Å². The summed E-state index contributed by atoms with van der Waals surface area (Å²) < 4.78 is 0. The number of hydrogen-bond donors (Lipinski definition) is 2. The number of imide groups is 1. The molecule has 2 saturated heterocycles. The van der Waals surface area contributed by atoms with Crippen molar-refractivity contribution in [1.29, 1.82) is 0 Å². The molecule has 6 rings (SSSR count). The maximum atomic E-state index is 12.4. The standard InChI is InChI=1S/C27H32N6O2S2/c1-16-17(2)37-26-23(16)24(28-15-29-26)32-9-3-8-31(10-11-32)13-18-4-5-19-14-33(27(36)20(19)12-18)21-6-7-22(34)30-25(21)35/h4-5,12,15,21,27,36H,3,6-11,13-14H2,1-2H3,(H,30,34,35). The number of hydrogen-bond acceptors (Lipinski definition) is 9. The summed E-state index contributed by atoms with van der Waals surface area (Å²) in [5.41, 5.74) is 4.95. The van der Waals surface area contributed by atoms with E-state index in [1.807, 2.05) is 0 Å². The molecule has 2 atom stereocenters. The molecule has 2 aromatic heterocycles. The first-order chi connectivity index (χ1) is 17.9. The highest BCUT2D eigenvalue weighted by atomic mass is 32.1. The van der Waals surface area contributed by atoms with Gasteiger partial charge in [-0.15, -0.1) is 11.3 Å². The number of aryl methyl sites for hydroxylation is 2. The van der Waals surface area contributed by atoms with Gasteiger partial charge in [-0.2, -0.15) is 12.6 Å². The van der Waals surface area contributed by atoms with Crippen LogP contribution in [0.1, 0.15) is 51.8 Å². The molecule has 2 amide bonds. The molecule has 1 aromatic carbocycles. The van der Waals surface area contributed by atoms with Gasteiger partial charge in [0.15, 0.2) is 0 Å². The van der Waals surface area contributed by atoms with E-state index in [4.69, 9.17) is 17.6 Å². The monoisotopic (exact) mass is 536 g/mol. The molecular formula is C27H32N6O2S2. The Kier molecular flexibility index (Phi) is 6.68. The number of fused-ring (bicyclic) bond motifs is 2. The zero-order valence-corrected chi connectivity index (χ0v) is 22.9. The van der Waals surface area contributed by atoms with Crippen LogP contribution in [0.15, 0.2) is 24.5 Å². The van der Waals surface area contributed by atoms with Crippen LogP contribution in [-0.4, -0.2) is 63.8 Å². The van der Waals surface area contributed by atoms with Crippen molar-refractivity contribution in [3.63, 3.8) is 0 Å². The van der Waals surface area contributed by atoms with Crippen LogP contribution in [-0.2, 0) is 22.7 Å². The number of carbonyl (C=O) groups excluding carboxylic acids is 2. The van der Waals surface area contributed by atoms with Crippen molar-refractivity contribution >= 4 is 51.8 Å². The Morgan fingerprint density at radius 1 is 1.14 bits per heavy atom. The third-order valence-corrected chi connectivity index (χ3v) is 9.70. The van der Waals surface area contributed by atoms with Gasteiger partial charge in [-0.1, -0.05) is 18.2 Å². The van der Waals surface area contributed by atoms with Crippen molar-refractivity contribution in [3.05, 3.63) is 51.7 Å². The molecular weight excluding hydrogens is 504 g/mol. The van der Waals surface area contributed by atoms with Crippen molar-refractivity contribution < 1.29 is 9.59 Å². The van der Waals surface area contributed by atoms with Gasteiger partial charge < -0.3 is 4.90 Å². The van der Waals surface area contributed by atoms with Crippen LogP contribution in [0.25, 0.3) is 10.2 Å². The molecule has 0 bridgehead atoms. The van der Waals surface area contributed by atoms with Crippen LogP contribution in [0.5, 0.6) is 0 Å². The Bertz CT molecular complexity index is 1370. The number of anilines is 1. The Balaban J connectivity index is 1.14. The van der Waals surface area contributed by atoms with E-state index >= 15 is 0 Å². The number of benzene rings is 1. The SMILES string of the molecule is Cc1sc2ncnc(N3CCCN(Cc4ccc5c(c4)C(S)N(C4CCC(=O)NC4=O)C5)CC3)c2c1C. The number of thiol groups is 1. The highest BCUT2D eigenvalue weighted by Gasteiger charge is 2.39. The first kappa shape index (κ1) is 24.8. The third kappa shape index (κ3) is 4.65. The molecule has 0 saturated carbocycles. The predicted octanol–water partition coefficient (Wildman–Crippen LogP) is 3.57. The minimum absolute atomic E-state index is 0.143. The average Bonchev–Trinajstić information content (AvgIpc) is 3.23. The van der Waals surface area contributed by atoms with Crippen LogP contribution in [0.3, 0.4) is 0 Å². The smallest absolute Gasteiger partial charge is 0.243 e. The van der Waals surface area contributed by atoms with Crippen molar-refractivity contribution in [2.24, 2.45) is 0 Å². The molecule has 0 spiro atoms. The first-order valence-electron chi connectivity index (χ1n) is 13.0. The molecule has 2 unspecified atom stereocenters. The fraction of sp³-hybridized carbons (Fsp3) is 0.481. The van der Waals surface area contributed by atoms with Gasteiger partial charge in [-0.3, -0.25) is 24.7 Å². The number of amides is 2. The van der Waals surface area contributed by atoms with Crippen molar-refractivity contribution in [2.75, 3.05) is 31.1 Å². The number of piperidine rings is 1. The fourth-order valence-electron chi connectivity index (χ4n) is 5.87. The summed E-state index contributed by atoms with van der Waals surface area (Å²) in [6, 6.07) is 6.34. The lowest BCUT2D eigenvalue weighted by atomic mass is 10.0. The van der Waals surface area contributed by atoms with Crippen LogP contribution in [0.2, 0.25) is 0 Å². The quantitative estimate of drug-likeness (QED) is 0.390. The lowest BCUT2D eigenvalue weighted by Gasteiger charge is -2.32. The number of rotatable bonds is 4. The Morgan fingerprint density at radius 3 is 2.84 bits per heavy atom. The van der Waals surface area contributed by atoms with E-state index < -0.39 is 0 Å². The zero-order chi connectivity index (χ0) is 25.7. The number of aromatic nitrogens is 2. The first-order valence-corrected chi connectivity index (χ1v) is 14.3. The number of thiophene rings is 1. The van der Waals surface area contributed by atoms with Gasteiger partial charge in [0.1, 0.15) is 17.0 Å². The summed E-state index contributed by atoms with van der Waals surface area (Å²) in [7, 11) is 0. The lowest BCUT2D eigenvalue weighted by molar-refractivity contribution is -0.137. The Labute approximate surface area is 226 Å². The maximum Gasteiger partial charge on any atom is 0.243 e. The van der Waals surface area contributed by atoms with Crippen LogP contribution < -0.4 is 10.2 Å². The lowest BCUT2D eigenvalue weighted by Crippen LogP contribution is -2.51. The molecule has 3 aliphatic rings. The number of nitrogens with zero attached hydrogens (tertiary/aromatic N) is 5. The number of nitrogens with one attached hydrogen (secondary N) is 1.